The van der Waals surface area contributed by atoms with Crippen LogP contribution in [0.5, 0.6) is 11.5 Å². The molecule has 3 rings (SSSR count). The molecule has 1 aliphatic rings. The zero-order chi connectivity index (χ0) is 17.6. The van der Waals surface area contributed by atoms with Crippen molar-refractivity contribution >= 4 is 6.03 Å². The van der Waals surface area contributed by atoms with E-state index < -0.39 is 0 Å². The van der Waals surface area contributed by atoms with Crippen LogP contribution in [-0.2, 0) is 6.54 Å². The van der Waals surface area contributed by atoms with Crippen LogP contribution in [0.1, 0.15) is 24.0 Å². The average molecular weight is 340 g/mol. The number of nitrogens with one attached hydrogen (secondary N) is 2. The maximum Gasteiger partial charge on any atom is 0.315 e. The van der Waals surface area contributed by atoms with Gasteiger partial charge >= 0.3 is 6.03 Å². The van der Waals surface area contributed by atoms with E-state index >= 15 is 0 Å². The molecule has 2 aromatic carbocycles. The van der Waals surface area contributed by atoms with Crippen LogP contribution in [0.2, 0.25) is 0 Å². The third-order valence-electron chi connectivity index (χ3n) is 4.49. The molecule has 5 nitrogen and oxygen atoms in total. The Hall–Kier alpha value is -2.53. The van der Waals surface area contributed by atoms with Crippen LogP contribution in [0.3, 0.4) is 0 Å². The molecule has 0 radical (unpaired) electrons. The van der Waals surface area contributed by atoms with Gasteiger partial charge in [-0.05, 0) is 43.4 Å². The summed E-state index contributed by atoms with van der Waals surface area (Å²) in [5.74, 6) is 1.93. The monoisotopic (exact) mass is 340 g/mol. The van der Waals surface area contributed by atoms with Crippen LogP contribution in [0.4, 0.5) is 4.79 Å². The highest BCUT2D eigenvalue weighted by Gasteiger charge is 2.27. The Morgan fingerprint density at radius 3 is 2.48 bits per heavy atom. The molecule has 2 aromatic rings. The van der Waals surface area contributed by atoms with Crippen LogP contribution >= 0.6 is 0 Å². The molecule has 1 fully saturated rings. The fourth-order valence-electron chi connectivity index (χ4n) is 2.88. The van der Waals surface area contributed by atoms with Crippen molar-refractivity contribution in [1.82, 2.24) is 10.6 Å². The Labute approximate surface area is 148 Å². The van der Waals surface area contributed by atoms with Gasteiger partial charge in [0.2, 0.25) is 0 Å². The van der Waals surface area contributed by atoms with E-state index in [0.717, 1.165) is 35.5 Å². The number of aliphatic hydroxyl groups is 1. The number of urea groups is 1. The van der Waals surface area contributed by atoms with Crippen molar-refractivity contribution < 1.29 is 14.6 Å². The van der Waals surface area contributed by atoms with Crippen molar-refractivity contribution in [3.63, 3.8) is 0 Å². The summed E-state index contributed by atoms with van der Waals surface area (Å²) in [5.41, 5.74) is 1.98. The van der Waals surface area contributed by atoms with E-state index in [4.69, 9.17) is 4.74 Å². The Bertz CT molecular complexity index is 726. The first-order chi connectivity index (χ1) is 12.1. The molecule has 0 atom stereocenters. The highest BCUT2D eigenvalue weighted by molar-refractivity contribution is 5.73. The average Bonchev–Trinajstić information content (AvgIpc) is 2.59. The van der Waals surface area contributed by atoms with Crippen LogP contribution in [0, 0.1) is 12.8 Å². The predicted molar refractivity (Wildman–Crippen MR) is 96.7 cm³/mol. The second kappa shape index (κ2) is 8.03. The maximum atomic E-state index is 11.9. The lowest BCUT2D eigenvalue weighted by Crippen LogP contribution is -2.42. The summed E-state index contributed by atoms with van der Waals surface area (Å²) in [7, 11) is 0. The van der Waals surface area contributed by atoms with Gasteiger partial charge in [-0.2, -0.15) is 0 Å². The number of aliphatic hydroxyl groups excluding tert-OH is 1. The molecule has 0 unspecified atom stereocenters. The molecule has 1 saturated carbocycles. The van der Waals surface area contributed by atoms with E-state index in [1.807, 2.05) is 55.5 Å². The fraction of sp³-hybridized carbons (Fsp3) is 0.350. The second-order valence-corrected chi connectivity index (χ2v) is 6.53. The minimum absolute atomic E-state index is 0.194. The summed E-state index contributed by atoms with van der Waals surface area (Å²) in [5, 5.41) is 15.0. The molecule has 0 spiro atoms. The van der Waals surface area contributed by atoms with Crippen molar-refractivity contribution in [2.24, 2.45) is 5.92 Å². The molecular formula is C20H24N2O3. The van der Waals surface area contributed by atoms with Crippen molar-refractivity contribution in [2.75, 3.05) is 6.54 Å². The molecule has 5 heteroatoms. The summed E-state index contributed by atoms with van der Waals surface area (Å²) >= 11 is 0. The van der Waals surface area contributed by atoms with Gasteiger partial charge in [0.05, 0.1) is 6.10 Å². The van der Waals surface area contributed by atoms with Gasteiger partial charge in [-0.1, -0.05) is 36.4 Å². The van der Waals surface area contributed by atoms with Gasteiger partial charge in [0.15, 0.2) is 0 Å². The Balaban J connectivity index is 1.54. The number of rotatable bonds is 6. The number of hydrogen-bond acceptors (Lipinski definition) is 3. The van der Waals surface area contributed by atoms with Crippen molar-refractivity contribution in [3.05, 3.63) is 59.7 Å². The lowest BCUT2D eigenvalue weighted by molar-refractivity contribution is 0.0441. The lowest BCUT2D eigenvalue weighted by Gasteiger charge is -2.31. The molecule has 0 bridgehead atoms. The molecule has 1 aliphatic carbocycles. The topological polar surface area (TPSA) is 70.6 Å². The predicted octanol–water partition coefficient (Wildman–Crippen LogP) is 3.36. The summed E-state index contributed by atoms with van der Waals surface area (Å²) in [4.78, 5) is 11.9. The molecule has 0 aromatic heterocycles. The lowest BCUT2D eigenvalue weighted by atomic mass is 9.82. The Kier molecular flexibility index (Phi) is 5.56. The van der Waals surface area contributed by atoms with E-state index in [0.29, 0.717) is 19.0 Å². The zero-order valence-corrected chi connectivity index (χ0v) is 14.4. The van der Waals surface area contributed by atoms with E-state index in [2.05, 4.69) is 10.6 Å². The van der Waals surface area contributed by atoms with Gasteiger partial charge < -0.3 is 20.5 Å². The Morgan fingerprint density at radius 2 is 1.76 bits per heavy atom. The molecule has 0 saturated heterocycles. The number of ether oxygens (including phenoxy) is 1. The maximum absolute atomic E-state index is 11.9. The van der Waals surface area contributed by atoms with Gasteiger partial charge in [-0.3, -0.25) is 0 Å². The van der Waals surface area contributed by atoms with E-state index in [1.54, 1.807) is 0 Å². The first kappa shape index (κ1) is 17.3. The van der Waals surface area contributed by atoms with Gasteiger partial charge in [0.1, 0.15) is 11.5 Å². The quantitative estimate of drug-likeness (QED) is 0.755. The number of benzene rings is 2. The molecule has 0 heterocycles. The summed E-state index contributed by atoms with van der Waals surface area (Å²) in [6, 6.07) is 15.3. The number of hydrogen-bond donors (Lipinski definition) is 3. The van der Waals surface area contributed by atoms with Gasteiger partial charge in [-0.15, -0.1) is 0 Å². The molecule has 3 N–H and O–H groups in total. The third-order valence-corrected chi connectivity index (χ3v) is 4.49. The molecule has 25 heavy (non-hydrogen) atoms. The third kappa shape index (κ3) is 4.73. The molecule has 0 aliphatic heterocycles. The first-order valence-corrected chi connectivity index (χ1v) is 8.63. The van der Waals surface area contributed by atoms with Gasteiger partial charge in [0, 0.05) is 18.7 Å². The highest BCUT2D eigenvalue weighted by Crippen LogP contribution is 2.28. The van der Waals surface area contributed by atoms with Crippen molar-refractivity contribution in [3.8, 4) is 11.5 Å². The van der Waals surface area contributed by atoms with E-state index in [-0.39, 0.29) is 12.1 Å². The summed E-state index contributed by atoms with van der Waals surface area (Å²) in [6.45, 7) is 2.99. The van der Waals surface area contributed by atoms with Crippen molar-refractivity contribution in [1.29, 1.82) is 0 Å². The molecular weight excluding hydrogens is 316 g/mol. The van der Waals surface area contributed by atoms with Crippen LogP contribution in [0.15, 0.2) is 48.5 Å². The van der Waals surface area contributed by atoms with Crippen LogP contribution < -0.4 is 15.4 Å². The second-order valence-electron chi connectivity index (χ2n) is 6.53. The largest absolute Gasteiger partial charge is 0.457 e. The highest BCUT2D eigenvalue weighted by atomic mass is 16.5. The first-order valence-electron chi connectivity index (χ1n) is 8.63. The number of para-hydroxylation sites is 2. The van der Waals surface area contributed by atoms with Crippen molar-refractivity contribution in [2.45, 2.75) is 32.4 Å². The molecule has 2 amide bonds. The normalized spacial score (nSPS) is 19.0. The minimum atomic E-state index is -0.202. The van der Waals surface area contributed by atoms with E-state index in [9.17, 15) is 9.90 Å². The van der Waals surface area contributed by atoms with E-state index in [1.165, 1.54) is 0 Å². The summed E-state index contributed by atoms with van der Waals surface area (Å²) in [6.07, 6.45) is 1.35. The molecule has 132 valence electrons. The standard InChI is InChI=1S/C20H24N2O3/c1-14-6-2-4-8-18(14)25-19-9-5-3-7-16(19)13-22-20(24)21-12-15-10-17(23)11-15/h2-9,15,17,23H,10-13H2,1H3,(H2,21,22,24). The fourth-order valence-corrected chi connectivity index (χ4v) is 2.88. The van der Waals surface area contributed by atoms with Gasteiger partial charge in [-0.25, -0.2) is 4.79 Å². The number of carbonyl (C=O) groups excluding carboxylic acids is 1. The van der Waals surface area contributed by atoms with Crippen LogP contribution in [-0.4, -0.2) is 23.8 Å². The number of amides is 2. The smallest absolute Gasteiger partial charge is 0.315 e. The minimum Gasteiger partial charge on any atom is -0.457 e. The summed E-state index contributed by atoms with van der Waals surface area (Å²) < 4.78 is 6.01. The number of aryl methyl sites for hydroxylation is 1. The number of carbonyl (C=O) groups is 1. The van der Waals surface area contributed by atoms with Crippen LogP contribution in [0.25, 0.3) is 0 Å². The SMILES string of the molecule is Cc1ccccc1Oc1ccccc1CNC(=O)NCC1CC(O)C1. The Morgan fingerprint density at radius 1 is 1.08 bits per heavy atom. The zero-order valence-electron chi connectivity index (χ0n) is 14.4. The van der Waals surface area contributed by atoms with Gasteiger partial charge in [0.25, 0.3) is 0 Å².